The first-order chi connectivity index (χ1) is 18.3. The van der Waals surface area contributed by atoms with E-state index in [9.17, 15) is 24.2 Å². The zero-order valence-corrected chi connectivity index (χ0v) is 21.9. The van der Waals surface area contributed by atoms with E-state index < -0.39 is 17.6 Å². The van der Waals surface area contributed by atoms with Crippen molar-refractivity contribution in [1.82, 2.24) is 9.80 Å². The van der Waals surface area contributed by atoms with E-state index >= 15 is 0 Å². The van der Waals surface area contributed by atoms with Gasteiger partial charge in [0.15, 0.2) is 0 Å². The predicted octanol–water partition coefficient (Wildman–Crippen LogP) is 3.32. The summed E-state index contributed by atoms with van der Waals surface area (Å²) < 4.78 is 18.8. The quantitative estimate of drug-likeness (QED) is 0.595. The number of piperidine rings is 1. The van der Waals surface area contributed by atoms with Crippen LogP contribution < -0.4 is 0 Å². The van der Waals surface area contributed by atoms with Crippen molar-refractivity contribution in [3.8, 4) is 0 Å². The highest BCUT2D eigenvalue weighted by atomic mass is 19.1. The van der Waals surface area contributed by atoms with Crippen LogP contribution in [0.3, 0.4) is 0 Å². The second-order valence-electron chi connectivity index (χ2n) is 10.7. The summed E-state index contributed by atoms with van der Waals surface area (Å²) in [6.07, 6.45) is 1.46. The van der Waals surface area contributed by atoms with Crippen molar-refractivity contribution in [2.75, 3.05) is 32.8 Å². The second kappa shape index (κ2) is 13.3. The van der Waals surface area contributed by atoms with Crippen molar-refractivity contribution in [3.63, 3.8) is 0 Å². The van der Waals surface area contributed by atoms with Gasteiger partial charge in [0.05, 0.1) is 17.9 Å². The molecule has 2 fully saturated rings. The minimum Gasteiger partial charge on any atom is -0.462 e. The van der Waals surface area contributed by atoms with E-state index in [1.54, 1.807) is 17.0 Å². The molecule has 2 atom stereocenters. The van der Waals surface area contributed by atoms with E-state index in [4.69, 9.17) is 4.74 Å². The fourth-order valence-corrected chi connectivity index (χ4v) is 5.46. The summed E-state index contributed by atoms with van der Waals surface area (Å²) in [7, 11) is 0. The zero-order chi connectivity index (χ0) is 27.0. The lowest BCUT2D eigenvalue weighted by Gasteiger charge is -2.40. The van der Waals surface area contributed by atoms with Gasteiger partial charge in [-0.3, -0.25) is 14.5 Å². The third-order valence-corrected chi connectivity index (χ3v) is 7.97. The zero-order valence-electron chi connectivity index (χ0n) is 21.9. The second-order valence-corrected chi connectivity index (χ2v) is 10.7. The largest absolute Gasteiger partial charge is 0.462 e. The van der Waals surface area contributed by atoms with Crippen LogP contribution in [0, 0.1) is 11.2 Å². The molecule has 2 aliphatic rings. The van der Waals surface area contributed by atoms with Crippen molar-refractivity contribution >= 4 is 11.9 Å². The molecule has 7 nitrogen and oxygen atoms in total. The number of carbonyl (C=O) groups excluding carboxylic acids is 2. The van der Waals surface area contributed by atoms with Crippen molar-refractivity contribution in [2.24, 2.45) is 5.41 Å². The molecular weight excluding hydrogens is 487 g/mol. The van der Waals surface area contributed by atoms with Gasteiger partial charge in [0.25, 0.3) is 0 Å². The van der Waals surface area contributed by atoms with Crippen LogP contribution in [-0.4, -0.2) is 76.9 Å². The first kappa shape index (κ1) is 28.2. The summed E-state index contributed by atoms with van der Waals surface area (Å²) in [6.45, 7) is 2.90. The maximum Gasteiger partial charge on any atom is 0.312 e. The average molecular weight is 527 g/mol. The SMILES string of the molecule is O=C(Cc1ccc(F)cc1)N1CCCCC2(CCN(Cc3ccccc3)CC2)C(=O)OC[C@@H](O)[C@@H](O)CC1. The van der Waals surface area contributed by atoms with E-state index in [0.717, 1.165) is 38.0 Å². The van der Waals surface area contributed by atoms with Crippen LogP contribution in [0.5, 0.6) is 0 Å². The molecule has 2 N–H and O–H groups in total. The van der Waals surface area contributed by atoms with Crippen LogP contribution in [0.25, 0.3) is 0 Å². The lowest BCUT2D eigenvalue weighted by atomic mass is 9.74. The Labute approximate surface area is 224 Å². The molecular formula is C30H39FN2O5. The fraction of sp³-hybridized carbons (Fsp3) is 0.533. The van der Waals surface area contributed by atoms with Gasteiger partial charge in [-0.2, -0.15) is 0 Å². The number of cyclic esters (lactones) is 1. The van der Waals surface area contributed by atoms with Gasteiger partial charge in [-0.25, -0.2) is 4.39 Å². The molecule has 2 heterocycles. The van der Waals surface area contributed by atoms with E-state index in [1.165, 1.54) is 17.7 Å². The van der Waals surface area contributed by atoms with Gasteiger partial charge in [0.2, 0.25) is 5.91 Å². The maximum absolute atomic E-state index is 13.3. The minimum absolute atomic E-state index is 0.107. The van der Waals surface area contributed by atoms with Gasteiger partial charge >= 0.3 is 5.97 Å². The van der Waals surface area contributed by atoms with Crippen LogP contribution in [0.2, 0.25) is 0 Å². The highest BCUT2D eigenvalue weighted by molar-refractivity contribution is 5.79. The molecule has 1 spiro atoms. The van der Waals surface area contributed by atoms with Crippen LogP contribution in [0.4, 0.5) is 4.39 Å². The number of aliphatic hydroxyl groups excluding tert-OH is 2. The highest BCUT2D eigenvalue weighted by Crippen LogP contribution is 2.38. The standard InChI is InChI=1S/C30H39FN2O5/c31-25-10-8-23(9-11-25)20-28(36)33-16-5-4-13-30(29(37)38-22-27(35)26(34)12-17-33)14-18-32(19-15-30)21-24-6-2-1-3-7-24/h1-3,6-11,26-27,34-35H,4-5,12-22H2/t26-,27+/m0/s1. The Morgan fingerprint density at radius 3 is 2.32 bits per heavy atom. The third kappa shape index (κ3) is 7.62. The Balaban J connectivity index is 1.40. The Bertz CT molecular complexity index is 1040. The smallest absolute Gasteiger partial charge is 0.312 e. The number of hydrogen-bond donors (Lipinski definition) is 2. The Morgan fingerprint density at radius 1 is 0.895 bits per heavy atom. The molecule has 1 amide bonds. The summed E-state index contributed by atoms with van der Waals surface area (Å²) in [5, 5.41) is 20.9. The fourth-order valence-electron chi connectivity index (χ4n) is 5.46. The van der Waals surface area contributed by atoms with Gasteiger partial charge in [-0.15, -0.1) is 0 Å². The van der Waals surface area contributed by atoms with Gasteiger partial charge in [0.1, 0.15) is 18.5 Å². The molecule has 0 bridgehead atoms. The number of esters is 1. The number of rotatable bonds is 4. The normalized spacial score (nSPS) is 23.7. The highest BCUT2D eigenvalue weighted by Gasteiger charge is 2.42. The molecule has 0 saturated carbocycles. The number of halogens is 1. The molecule has 2 aromatic rings. The number of likely N-dealkylation sites (tertiary alicyclic amines) is 1. The molecule has 2 saturated heterocycles. The summed E-state index contributed by atoms with van der Waals surface area (Å²) >= 11 is 0. The molecule has 0 unspecified atom stereocenters. The number of ether oxygens (including phenoxy) is 1. The molecule has 0 aromatic heterocycles. The Hall–Kier alpha value is -2.81. The summed E-state index contributed by atoms with van der Waals surface area (Å²) in [5.41, 5.74) is 1.33. The van der Waals surface area contributed by atoms with Gasteiger partial charge in [0, 0.05) is 19.6 Å². The first-order valence-corrected chi connectivity index (χ1v) is 13.7. The number of carbonyl (C=O) groups is 2. The molecule has 2 aliphatic heterocycles. The molecule has 206 valence electrons. The van der Waals surface area contributed by atoms with Crippen LogP contribution in [0.1, 0.15) is 49.7 Å². The van der Waals surface area contributed by atoms with Crippen molar-refractivity contribution in [3.05, 3.63) is 71.5 Å². The van der Waals surface area contributed by atoms with E-state index in [-0.39, 0.29) is 43.7 Å². The third-order valence-electron chi connectivity index (χ3n) is 7.97. The van der Waals surface area contributed by atoms with Gasteiger partial charge in [-0.05, 0) is 68.5 Å². The number of hydrogen-bond acceptors (Lipinski definition) is 6. The number of nitrogens with zero attached hydrogens (tertiary/aromatic N) is 2. The van der Waals surface area contributed by atoms with Crippen LogP contribution in [0.15, 0.2) is 54.6 Å². The van der Waals surface area contributed by atoms with E-state index in [1.807, 2.05) is 18.2 Å². The molecule has 2 aromatic carbocycles. The molecule has 38 heavy (non-hydrogen) atoms. The molecule has 0 aliphatic carbocycles. The summed E-state index contributed by atoms with van der Waals surface area (Å²) in [5.74, 6) is -0.756. The maximum atomic E-state index is 13.3. The van der Waals surface area contributed by atoms with Crippen molar-refractivity contribution in [2.45, 2.75) is 63.7 Å². The monoisotopic (exact) mass is 526 g/mol. The number of benzene rings is 2. The lowest BCUT2D eigenvalue weighted by molar-refractivity contribution is -0.165. The molecule has 4 rings (SSSR count). The Kier molecular flexibility index (Phi) is 9.88. The average Bonchev–Trinajstić information content (AvgIpc) is 2.94. The number of aliphatic hydroxyl groups is 2. The van der Waals surface area contributed by atoms with Gasteiger partial charge < -0.3 is 19.8 Å². The van der Waals surface area contributed by atoms with Crippen LogP contribution >= 0.6 is 0 Å². The molecule has 8 heteroatoms. The van der Waals surface area contributed by atoms with Crippen molar-refractivity contribution in [1.29, 1.82) is 0 Å². The summed E-state index contributed by atoms with van der Waals surface area (Å²) in [4.78, 5) is 30.4. The molecule has 0 radical (unpaired) electrons. The first-order valence-electron chi connectivity index (χ1n) is 13.7. The summed E-state index contributed by atoms with van der Waals surface area (Å²) in [6, 6.07) is 16.1. The lowest BCUT2D eigenvalue weighted by Crippen LogP contribution is -2.45. The predicted molar refractivity (Wildman–Crippen MR) is 142 cm³/mol. The Morgan fingerprint density at radius 2 is 1.61 bits per heavy atom. The topological polar surface area (TPSA) is 90.3 Å². The van der Waals surface area contributed by atoms with Gasteiger partial charge in [-0.1, -0.05) is 48.9 Å². The van der Waals surface area contributed by atoms with E-state index in [2.05, 4.69) is 17.0 Å². The minimum atomic E-state index is -1.22. The van der Waals surface area contributed by atoms with Crippen molar-refractivity contribution < 1.29 is 28.9 Å². The van der Waals surface area contributed by atoms with E-state index in [0.29, 0.717) is 25.8 Å². The van der Waals surface area contributed by atoms with Crippen LogP contribution in [-0.2, 0) is 27.3 Å². The number of amides is 1.